The summed E-state index contributed by atoms with van der Waals surface area (Å²) in [6.07, 6.45) is 3.06. The number of hydrogen-bond donors (Lipinski definition) is 2. The van der Waals surface area contributed by atoms with Crippen LogP contribution in [0.4, 0.5) is 11.9 Å². The minimum atomic E-state index is -0.490. The van der Waals surface area contributed by atoms with Gasteiger partial charge in [0.1, 0.15) is 0 Å². The zero-order chi connectivity index (χ0) is 14.5. The van der Waals surface area contributed by atoms with E-state index in [2.05, 4.69) is 15.0 Å². The van der Waals surface area contributed by atoms with Gasteiger partial charge in [0, 0.05) is 11.0 Å². The fourth-order valence-electron chi connectivity index (χ4n) is 1.40. The Morgan fingerprint density at radius 1 is 1.35 bits per heavy atom. The van der Waals surface area contributed by atoms with Gasteiger partial charge >= 0.3 is 5.97 Å². The maximum absolute atomic E-state index is 11.6. The molecule has 0 bridgehead atoms. The van der Waals surface area contributed by atoms with E-state index in [1.165, 1.54) is 6.08 Å². The molecule has 0 aliphatic heterocycles. The molecule has 0 saturated carbocycles. The summed E-state index contributed by atoms with van der Waals surface area (Å²) in [5, 5.41) is 1.96. The molecule has 0 unspecified atom stereocenters. The Morgan fingerprint density at radius 3 is 2.65 bits per heavy atom. The first-order valence-corrected chi connectivity index (χ1v) is 6.57. The normalized spacial score (nSPS) is 10.8. The molecule has 104 valence electrons. The highest BCUT2D eigenvalue weighted by atomic mass is 32.1. The number of aryl methyl sites for hydroxylation is 1. The van der Waals surface area contributed by atoms with Crippen LogP contribution in [0.15, 0.2) is 17.5 Å². The van der Waals surface area contributed by atoms with E-state index in [4.69, 9.17) is 16.2 Å². The van der Waals surface area contributed by atoms with Crippen LogP contribution in [-0.2, 0) is 16.1 Å². The Morgan fingerprint density at radius 2 is 2.05 bits per heavy atom. The average Bonchev–Trinajstić information content (AvgIpc) is 2.78. The number of anilines is 2. The molecule has 2 rings (SSSR count). The summed E-state index contributed by atoms with van der Waals surface area (Å²) in [7, 11) is 0. The highest BCUT2D eigenvalue weighted by Crippen LogP contribution is 2.17. The summed E-state index contributed by atoms with van der Waals surface area (Å²) in [6.45, 7) is 1.86. The zero-order valence-corrected chi connectivity index (χ0v) is 11.6. The quantitative estimate of drug-likeness (QED) is 0.641. The van der Waals surface area contributed by atoms with Gasteiger partial charge in [0.05, 0.1) is 0 Å². The van der Waals surface area contributed by atoms with Crippen molar-refractivity contribution in [1.29, 1.82) is 0 Å². The van der Waals surface area contributed by atoms with Gasteiger partial charge in [-0.1, -0.05) is 0 Å². The van der Waals surface area contributed by atoms with Crippen molar-refractivity contribution in [3.05, 3.63) is 33.8 Å². The largest absolute Gasteiger partial charge is 0.454 e. The van der Waals surface area contributed by atoms with E-state index in [1.54, 1.807) is 17.4 Å². The second-order valence-corrected chi connectivity index (χ2v) is 4.82. The van der Waals surface area contributed by atoms with Crippen molar-refractivity contribution < 1.29 is 9.53 Å². The van der Waals surface area contributed by atoms with Crippen molar-refractivity contribution >= 4 is 35.3 Å². The van der Waals surface area contributed by atoms with E-state index < -0.39 is 5.97 Å². The number of carbonyl (C=O) groups is 1. The molecule has 7 nitrogen and oxygen atoms in total. The van der Waals surface area contributed by atoms with Crippen LogP contribution in [0.5, 0.6) is 0 Å². The van der Waals surface area contributed by atoms with E-state index in [-0.39, 0.29) is 24.3 Å². The number of hydrogen-bond acceptors (Lipinski definition) is 8. The molecule has 0 aromatic carbocycles. The van der Waals surface area contributed by atoms with Crippen molar-refractivity contribution in [2.75, 3.05) is 11.5 Å². The minimum absolute atomic E-state index is 0.00620. The Kier molecular flexibility index (Phi) is 4.26. The molecule has 4 N–H and O–H groups in total. The highest BCUT2D eigenvalue weighted by molar-refractivity contribution is 7.11. The monoisotopic (exact) mass is 291 g/mol. The third kappa shape index (κ3) is 3.75. The number of aromatic nitrogens is 3. The maximum Gasteiger partial charge on any atom is 0.331 e. The van der Waals surface area contributed by atoms with Crippen LogP contribution in [0.2, 0.25) is 0 Å². The molecular weight excluding hydrogens is 278 g/mol. The van der Waals surface area contributed by atoms with E-state index >= 15 is 0 Å². The second-order valence-electron chi connectivity index (χ2n) is 3.88. The van der Waals surface area contributed by atoms with E-state index in [1.807, 2.05) is 18.4 Å². The van der Waals surface area contributed by atoms with Gasteiger partial charge in [-0.2, -0.15) is 15.0 Å². The first-order chi connectivity index (χ1) is 9.54. The summed E-state index contributed by atoms with van der Waals surface area (Å²) in [4.78, 5) is 23.8. The molecule has 0 saturated heterocycles. The summed E-state index contributed by atoms with van der Waals surface area (Å²) in [5.41, 5.74) is 11.9. The maximum atomic E-state index is 11.6. The average molecular weight is 291 g/mol. The minimum Gasteiger partial charge on any atom is -0.454 e. The topological polar surface area (TPSA) is 117 Å². The number of carbonyl (C=O) groups excluding carboxylic acids is 1. The Hall–Kier alpha value is -2.48. The summed E-state index contributed by atoms with van der Waals surface area (Å²) >= 11 is 1.55. The SMILES string of the molecule is Cc1ccsc1/C=C/C(=O)OCc1nc(N)nc(N)n1. The second kappa shape index (κ2) is 6.11. The van der Waals surface area contributed by atoms with Gasteiger partial charge in [-0.15, -0.1) is 11.3 Å². The smallest absolute Gasteiger partial charge is 0.331 e. The van der Waals surface area contributed by atoms with Gasteiger partial charge in [0.15, 0.2) is 12.4 Å². The van der Waals surface area contributed by atoms with Gasteiger partial charge in [0.25, 0.3) is 0 Å². The molecule has 8 heteroatoms. The number of rotatable bonds is 4. The lowest BCUT2D eigenvalue weighted by Gasteiger charge is -2.02. The van der Waals surface area contributed by atoms with E-state index in [0.29, 0.717) is 0 Å². The molecule has 0 radical (unpaired) electrons. The molecule has 2 aromatic heterocycles. The first-order valence-electron chi connectivity index (χ1n) is 5.69. The lowest BCUT2D eigenvalue weighted by Crippen LogP contribution is -2.09. The van der Waals surface area contributed by atoms with Gasteiger partial charge in [-0.05, 0) is 30.0 Å². The third-order valence-corrected chi connectivity index (χ3v) is 3.32. The first kappa shape index (κ1) is 13.9. The lowest BCUT2D eigenvalue weighted by molar-refractivity contribution is -0.139. The van der Waals surface area contributed by atoms with Crippen LogP contribution in [0.1, 0.15) is 16.3 Å². The standard InChI is InChI=1S/C12H13N5O2S/c1-7-4-5-20-8(7)2-3-10(18)19-6-9-15-11(13)17-12(14)16-9/h2-5H,6H2,1H3,(H4,13,14,15,16,17)/b3-2+. The van der Waals surface area contributed by atoms with Crippen LogP contribution < -0.4 is 11.5 Å². The molecular formula is C12H13N5O2S. The zero-order valence-electron chi connectivity index (χ0n) is 10.7. The fourth-order valence-corrected chi connectivity index (χ4v) is 2.22. The van der Waals surface area contributed by atoms with Crippen LogP contribution >= 0.6 is 11.3 Å². The molecule has 0 atom stereocenters. The van der Waals surface area contributed by atoms with Gasteiger partial charge in [-0.25, -0.2) is 4.79 Å². The van der Waals surface area contributed by atoms with Gasteiger partial charge < -0.3 is 16.2 Å². The van der Waals surface area contributed by atoms with Gasteiger partial charge in [-0.3, -0.25) is 0 Å². The summed E-state index contributed by atoms with van der Waals surface area (Å²) < 4.78 is 4.99. The number of nitrogen functional groups attached to an aromatic ring is 2. The highest BCUT2D eigenvalue weighted by Gasteiger charge is 2.05. The number of nitrogens with zero attached hydrogens (tertiary/aromatic N) is 3. The molecule has 2 heterocycles. The molecule has 0 amide bonds. The van der Waals surface area contributed by atoms with Crippen molar-refractivity contribution in [3.8, 4) is 0 Å². The molecule has 0 spiro atoms. The van der Waals surface area contributed by atoms with Crippen molar-refractivity contribution in [2.24, 2.45) is 0 Å². The van der Waals surface area contributed by atoms with Crippen LogP contribution in [0, 0.1) is 6.92 Å². The Labute approximate surface area is 119 Å². The summed E-state index contributed by atoms with van der Waals surface area (Å²) in [6, 6.07) is 1.98. The number of ether oxygens (including phenoxy) is 1. The van der Waals surface area contributed by atoms with Crippen molar-refractivity contribution in [2.45, 2.75) is 13.5 Å². The van der Waals surface area contributed by atoms with Gasteiger partial charge in [0.2, 0.25) is 11.9 Å². The van der Waals surface area contributed by atoms with Crippen molar-refractivity contribution in [3.63, 3.8) is 0 Å². The molecule has 20 heavy (non-hydrogen) atoms. The van der Waals surface area contributed by atoms with Crippen LogP contribution in [0.3, 0.4) is 0 Å². The van der Waals surface area contributed by atoms with Crippen molar-refractivity contribution in [1.82, 2.24) is 15.0 Å². The third-order valence-electron chi connectivity index (χ3n) is 2.33. The molecule has 0 fully saturated rings. The van der Waals surface area contributed by atoms with E-state index in [9.17, 15) is 4.79 Å². The Balaban J connectivity index is 1.92. The van der Waals surface area contributed by atoms with Crippen LogP contribution in [0.25, 0.3) is 6.08 Å². The number of nitrogens with two attached hydrogens (primary N) is 2. The predicted molar refractivity (Wildman–Crippen MR) is 76.5 cm³/mol. The molecule has 2 aromatic rings. The Bertz CT molecular complexity index is 633. The fraction of sp³-hybridized carbons (Fsp3) is 0.167. The molecule has 0 aliphatic rings. The predicted octanol–water partition coefficient (Wildman–Crippen LogP) is 1.16. The van der Waals surface area contributed by atoms with E-state index in [0.717, 1.165) is 10.4 Å². The number of thiophene rings is 1. The molecule has 0 aliphatic carbocycles. The van der Waals surface area contributed by atoms with Crippen LogP contribution in [-0.4, -0.2) is 20.9 Å². The lowest BCUT2D eigenvalue weighted by atomic mass is 10.3. The number of esters is 1. The summed E-state index contributed by atoms with van der Waals surface area (Å²) in [5.74, 6) is -0.291.